The van der Waals surface area contributed by atoms with Crippen LogP contribution in [-0.4, -0.2) is 4.57 Å². The van der Waals surface area contributed by atoms with Gasteiger partial charge in [-0.3, -0.25) is 0 Å². The lowest BCUT2D eigenvalue weighted by atomic mass is 10.0. The van der Waals surface area contributed by atoms with Crippen LogP contribution >= 0.6 is 0 Å². The summed E-state index contributed by atoms with van der Waals surface area (Å²) in [4.78, 5) is 2.34. The van der Waals surface area contributed by atoms with Crippen LogP contribution in [-0.2, 0) is 0 Å². The minimum absolute atomic E-state index is 0.905. The molecular weight excluding hydrogens is 693 g/mol. The third-order valence-corrected chi connectivity index (χ3v) is 11.2. The first-order valence-corrected chi connectivity index (χ1v) is 19.4. The van der Waals surface area contributed by atoms with E-state index in [-0.39, 0.29) is 0 Å². The van der Waals surface area contributed by atoms with Crippen molar-refractivity contribution in [3.05, 3.63) is 218 Å². The molecule has 0 bridgehead atoms. The number of rotatable bonds is 7. The van der Waals surface area contributed by atoms with Gasteiger partial charge in [0, 0.05) is 49.9 Å². The molecule has 0 unspecified atom stereocenters. The van der Waals surface area contributed by atoms with Crippen molar-refractivity contribution in [2.75, 3.05) is 4.90 Å². The number of nitrogens with zero attached hydrogens (tertiary/aromatic N) is 2. The summed E-state index contributed by atoms with van der Waals surface area (Å²) in [6, 6.07) is 78.1. The zero-order chi connectivity index (χ0) is 37.7. The van der Waals surface area contributed by atoms with E-state index < -0.39 is 0 Å². The van der Waals surface area contributed by atoms with Crippen molar-refractivity contribution in [3.8, 4) is 39.1 Å². The highest BCUT2D eigenvalue weighted by atomic mass is 16.3. The average Bonchev–Trinajstić information content (AvgIpc) is 3.84. The number of furan rings is 1. The minimum atomic E-state index is 0.905. The van der Waals surface area contributed by atoms with Crippen LogP contribution in [0.5, 0.6) is 0 Å². The van der Waals surface area contributed by atoms with E-state index in [0.717, 1.165) is 61.4 Å². The molecule has 0 aliphatic rings. The summed E-state index contributed by atoms with van der Waals surface area (Å²) in [7, 11) is 0. The molecular formula is C54H36N2O. The zero-order valence-corrected chi connectivity index (χ0v) is 31.1. The normalized spacial score (nSPS) is 11.5. The zero-order valence-electron chi connectivity index (χ0n) is 31.1. The predicted octanol–water partition coefficient (Wildman–Crippen LogP) is 15.2. The second-order valence-electron chi connectivity index (χ2n) is 14.5. The molecule has 57 heavy (non-hydrogen) atoms. The molecule has 11 rings (SSSR count). The van der Waals surface area contributed by atoms with Gasteiger partial charge in [0.25, 0.3) is 0 Å². The molecule has 9 aromatic carbocycles. The van der Waals surface area contributed by atoms with Gasteiger partial charge in [-0.15, -0.1) is 0 Å². The molecule has 268 valence electrons. The Bertz CT molecular complexity index is 3170. The average molecular weight is 729 g/mol. The molecule has 0 spiro atoms. The number of hydrogen-bond donors (Lipinski definition) is 0. The Kier molecular flexibility index (Phi) is 7.82. The molecule has 0 N–H and O–H groups in total. The van der Waals surface area contributed by atoms with Gasteiger partial charge in [-0.2, -0.15) is 0 Å². The highest BCUT2D eigenvalue weighted by Gasteiger charge is 2.17. The molecule has 3 nitrogen and oxygen atoms in total. The number of benzene rings is 9. The van der Waals surface area contributed by atoms with E-state index in [4.69, 9.17) is 4.42 Å². The quantitative estimate of drug-likeness (QED) is 0.163. The standard InChI is InChI=1S/C54H36N2O/c1-2-13-37(14-3-1)40-15-10-17-44(35-40)55(43-33-29-39(30-34-43)46-22-12-23-50-49-21-6-9-26-53(49)57-54(46)50)42-31-27-38(28-32-42)41-16-11-18-45(36-41)56-51-24-7-4-19-47(51)48-20-5-8-25-52(48)56/h1-36H. The van der Waals surface area contributed by atoms with Gasteiger partial charge in [0.2, 0.25) is 0 Å². The van der Waals surface area contributed by atoms with E-state index in [1.807, 2.05) is 12.1 Å². The number of fused-ring (bicyclic) bond motifs is 6. The van der Waals surface area contributed by atoms with Crippen LogP contribution in [0.3, 0.4) is 0 Å². The molecule has 3 heteroatoms. The fraction of sp³-hybridized carbons (Fsp3) is 0. The minimum Gasteiger partial charge on any atom is -0.455 e. The van der Waals surface area contributed by atoms with Gasteiger partial charge in [0.05, 0.1) is 11.0 Å². The maximum Gasteiger partial charge on any atom is 0.143 e. The van der Waals surface area contributed by atoms with Crippen molar-refractivity contribution in [1.82, 2.24) is 4.57 Å². The molecule has 11 aromatic rings. The summed E-state index contributed by atoms with van der Waals surface area (Å²) in [5.74, 6) is 0. The Morgan fingerprint density at radius 1 is 0.333 bits per heavy atom. The summed E-state index contributed by atoms with van der Waals surface area (Å²) in [6.45, 7) is 0. The maximum atomic E-state index is 6.41. The van der Waals surface area contributed by atoms with Crippen molar-refractivity contribution in [2.45, 2.75) is 0 Å². The Morgan fingerprint density at radius 3 is 1.58 bits per heavy atom. The van der Waals surface area contributed by atoms with Crippen LogP contribution < -0.4 is 4.90 Å². The van der Waals surface area contributed by atoms with Gasteiger partial charge in [-0.05, 0) is 94.5 Å². The summed E-state index contributed by atoms with van der Waals surface area (Å²) in [5.41, 5.74) is 15.5. The van der Waals surface area contributed by atoms with Crippen LogP contribution in [0.15, 0.2) is 223 Å². The Hall–Kier alpha value is -7.62. The second kappa shape index (κ2) is 13.6. The first kappa shape index (κ1) is 32.8. The molecule has 0 fully saturated rings. The van der Waals surface area contributed by atoms with Gasteiger partial charge < -0.3 is 13.9 Å². The Labute approximate surface area is 330 Å². The molecule has 0 radical (unpaired) electrons. The topological polar surface area (TPSA) is 21.3 Å². The third kappa shape index (κ3) is 5.68. The lowest BCUT2D eigenvalue weighted by Gasteiger charge is -2.26. The SMILES string of the molecule is c1ccc(-c2cccc(N(c3ccc(-c4cccc(-n5c6ccccc6c6ccccc65)c4)cc3)c3ccc(-c4cccc5c4oc4ccccc45)cc3)c2)cc1. The number of aromatic nitrogens is 1. The van der Waals surface area contributed by atoms with E-state index in [1.54, 1.807) is 0 Å². The lowest BCUT2D eigenvalue weighted by Crippen LogP contribution is -2.10. The predicted molar refractivity (Wildman–Crippen MR) is 239 cm³/mol. The van der Waals surface area contributed by atoms with E-state index in [1.165, 1.54) is 38.5 Å². The van der Waals surface area contributed by atoms with Crippen molar-refractivity contribution >= 4 is 60.8 Å². The molecule has 0 saturated heterocycles. The van der Waals surface area contributed by atoms with Crippen LogP contribution in [0.2, 0.25) is 0 Å². The Balaban J connectivity index is 0.989. The molecule has 0 aliphatic heterocycles. The molecule has 0 amide bonds. The summed E-state index contributed by atoms with van der Waals surface area (Å²) < 4.78 is 8.79. The summed E-state index contributed by atoms with van der Waals surface area (Å²) in [5, 5.41) is 4.79. The van der Waals surface area contributed by atoms with E-state index in [2.05, 4.69) is 216 Å². The fourth-order valence-corrected chi connectivity index (χ4v) is 8.50. The van der Waals surface area contributed by atoms with Gasteiger partial charge in [0.1, 0.15) is 11.2 Å². The molecule has 2 heterocycles. The first-order valence-electron chi connectivity index (χ1n) is 19.4. The number of para-hydroxylation sites is 4. The monoisotopic (exact) mass is 728 g/mol. The van der Waals surface area contributed by atoms with Gasteiger partial charge in [-0.25, -0.2) is 0 Å². The van der Waals surface area contributed by atoms with Crippen molar-refractivity contribution < 1.29 is 4.42 Å². The van der Waals surface area contributed by atoms with E-state index in [9.17, 15) is 0 Å². The van der Waals surface area contributed by atoms with Crippen LogP contribution in [0, 0.1) is 0 Å². The number of hydrogen-bond acceptors (Lipinski definition) is 2. The molecule has 0 saturated carbocycles. The number of anilines is 3. The fourth-order valence-electron chi connectivity index (χ4n) is 8.50. The third-order valence-electron chi connectivity index (χ3n) is 11.2. The smallest absolute Gasteiger partial charge is 0.143 e. The highest BCUT2D eigenvalue weighted by molar-refractivity contribution is 6.10. The summed E-state index contributed by atoms with van der Waals surface area (Å²) >= 11 is 0. The van der Waals surface area contributed by atoms with Gasteiger partial charge >= 0.3 is 0 Å². The van der Waals surface area contributed by atoms with E-state index in [0.29, 0.717) is 0 Å². The van der Waals surface area contributed by atoms with Crippen molar-refractivity contribution in [1.29, 1.82) is 0 Å². The van der Waals surface area contributed by atoms with Gasteiger partial charge in [0.15, 0.2) is 0 Å². The largest absolute Gasteiger partial charge is 0.455 e. The highest BCUT2D eigenvalue weighted by Crippen LogP contribution is 2.41. The maximum absolute atomic E-state index is 6.41. The van der Waals surface area contributed by atoms with Crippen LogP contribution in [0.25, 0.3) is 82.8 Å². The molecule has 0 atom stereocenters. The van der Waals surface area contributed by atoms with Gasteiger partial charge in [-0.1, -0.05) is 152 Å². The second-order valence-corrected chi connectivity index (χ2v) is 14.5. The lowest BCUT2D eigenvalue weighted by molar-refractivity contribution is 0.670. The molecule has 0 aliphatic carbocycles. The van der Waals surface area contributed by atoms with Crippen LogP contribution in [0.1, 0.15) is 0 Å². The Morgan fingerprint density at radius 2 is 0.860 bits per heavy atom. The summed E-state index contributed by atoms with van der Waals surface area (Å²) in [6.07, 6.45) is 0. The first-order chi connectivity index (χ1) is 28.3. The molecule has 2 aromatic heterocycles. The van der Waals surface area contributed by atoms with E-state index >= 15 is 0 Å². The van der Waals surface area contributed by atoms with Crippen molar-refractivity contribution in [2.24, 2.45) is 0 Å². The van der Waals surface area contributed by atoms with Crippen molar-refractivity contribution in [3.63, 3.8) is 0 Å². The van der Waals surface area contributed by atoms with Crippen LogP contribution in [0.4, 0.5) is 17.1 Å².